The van der Waals surface area contributed by atoms with E-state index in [9.17, 15) is 14.7 Å². The molecule has 2 aromatic rings. The molecule has 0 saturated heterocycles. The molecular formula is C15H15N3O3. The number of para-hydroxylation sites is 1. The quantitative estimate of drug-likeness (QED) is 0.774. The second-order valence-corrected chi connectivity index (χ2v) is 5.23. The Labute approximate surface area is 121 Å². The number of fused-ring (bicyclic) bond motifs is 1. The average Bonchev–Trinajstić information content (AvgIpc) is 3.27. The summed E-state index contributed by atoms with van der Waals surface area (Å²) in [5.41, 5.74) is 6.34. The molecule has 6 nitrogen and oxygen atoms in total. The van der Waals surface area contributed by atoms with Gasteiger partial charge in [-0.2, -0.15) is 0 Å². The Morgan fingerprint density at radius 2 is 2.05 bits per heavy atom. The second kappa shape index (κ2) is 5.05. The molecule has 1 aromatic heterocycles. The molecule has 1 aliphatic carbocycles. The van der Waals surface area contributed by atoms with Gasteiger partial charge in [0.05, 0.1) is 11.1 Å². The number of carboxylic acids is 1. The van der Waals surface area contributed by atoms with Gasteiger partial charge in [0.2, 0.25) is 5.91 Å². The summed E-state index contributed by atoms with van der Waals surface area (Å²) in [5, 5.41) is 12.8. The smallest absolute Gasteiger partial charge is 0.326 e. The normalized spacial score (nSPS) is 15.6. The summed E-state index contributed by atoms with van der Waals surface area (Å²) in [5.74, 6) is -0.988. The summed E-state index contributed by atoms with van der Waals surface area (Å²) in [7, 11) is 0. The third-order valence-corrected chi connectivity index (χ3v) is 3.64. The van der Waals surface area contributed by atoms with Crippen molar-refractivity contribution in [3.8, 4) is 0 Å². The zero-order chi connectivity index (χ0) is 15.0. The highest BCUT2D eigenvalue weighted by atomic mass is 16.4. The first-order valence-electron chi connectivity index (χ1n) is 6.75. The lowest BCUT2D eigenvalue weighted by atomic mass is 10.1. The zero-order valence-corrected chi connectivity index (χ0v) is 11.2. The van der Waals surface area contributed by atoms with Gasteiger partial charge < -0.3 is 16.2 Å². The number of nitrogens with zero attached hydrogens (tertiary/aromatic N) is 1. The lowest BCUT2D eigenvalue weighted by molar-refractivity contribution is -0.138. The number of hydrogen-bond donors (Lipinski definition) is 3. The van der Waals surface area contributed by atoms with Gasteiger partial charge in [-0.1, -0.05) is 18.2 Å². The molecule has 1 saturated carbocycles. The van der Waals surface area contributed by atoms with E-state index >= 15 is 0 Å². The van der Waals surface area contributed by atoms with E-state index in [1.807, 2.05) is 0 Å². The van der Waals surface area contributed by atoms with Crippen LogP contribution in [0.25, 0.3) is 10.9 Å². The van der Waals surface area contributed by atoms with Crippen LogP contribution < -0.4 is 11.1 Å². The van der Waals surface area contributed by atoms with Crippen molar-refractivity contribution in [2.24, 2.45) is 11.7 Å². The van der Waals surface area contributed by atoms with Crippen molar-refractivity contribution >= 4 is 28.6 Å². The van der Waals surface area contributed by atoms with Crippen molar-refractivity contribution in [2.45, 2.75) is 18.9 Å². The van der Waals surface area contributed by atoms with Gasteiger partial charge in [0.15, 0.2) is 0 Å². The zero-order valence-electron chi connectivity index (χ0n) is 11.2. The average molecular weight is 285 g/mol. The molecule has 3 rings (SSSR count). The van der Waals surface area contributed by atoms with Crippen molar-refractivity contribution in [3.05, 3.63) is 35.9 Å². The minimum Gasteiger partial charge on any atom is -0.480 e. The molecule has 0 aliphatic heterocycles. The standard InChI is InChI=1S/C15H15N3O3/c16-14(19)10-7-12(17-11-4-2-1-3-9(10)11)18-13(15(20)21)8-5-6-8/h1-4,7-8,13H,5-6H2,(H2,16,19)(H,17,18)(H,20,21). The van der Waals surface area contributed by atoms with Gasteiger partial charge in [-0.25, -0.2) is 9.78 Å². The fourth-order valence-electron chi connectivity index (χ4n) is 2.42. The number of hydrogen-bond acceptors (Lipinski definition) is 4. The van der Waals surface area contributed by atoms with Gasteiger partial charge in [0.25, 0.3) is 0 Å². The predicted molar refractivity (Wildman–Crippen MR) is 78.0 cm³/mol. The maximum atomic E-state index is 11.6. The number of carbonyl (C=O) groups excluding carboxylic acids is 1. The van der Waals surface area contributed by atoms with E-state index in [0.717, 1.165) is 12.8 Å². The van der Waals surface area contributed by atoms with Crippen LogP contribution in [0.15, 0.2) is 30.3 Å². The van der Waals surface area contributed by atoms with E-state index in [4.69, 9.17) is 5.73 Å². The number of carboxylic acid groups (broad SMARTS) is 1. The first-order chi connectivity index (χ1) is 10.1. The predicted octanol–water partition coefficient (Wildman–Crippen LogP) is 1.61. The Morgan fingerprint density at radius 1 is 1.33 bits per heavy atom. The van der Waals surface area contributed by atoms with Gasteiger partial charge in [0.1, 0.15) is 11.9 Å². The minimum absolute atomic E-state index is 0.118. The van der Waals surface area contributed by atoms with Crippen LogP contribution in [0.4, 0.5) is 5.82 Å². The summed E-state index contributed by atoms with van der Waals surface area (Å²) in [6.45, 7) is 0. The number of primary amides is 1. The molecule has 1 fully saturated rings. The summed E-state index contributed by atoms with van der Waals surface area (Å²) in [6, 6.07) is 7.97. The molecule has 1 atom stereocenters. The highest BCUT2D eigenvalue weighted by molar-refractivity contribution is 6.06. The fourth-order valence-corrected chi connectivity index (χ4v) is 2.42. The second-order valence-electron chi connectivity index (χ2n) is 5.23. The van der Waals surface area contributed by atoms with Gasteiger partial charge >= 0.3 is 5.97 Å². The topological polar surface area (TPSA) is 105 Å². The van der Waals surface area contributed by atoms with Crippen molar-refractivity contribution < 1.29 is 14.7 Å². The summed E-state index contributed by atoms with van der Waals surface area (Å²) in [6.07, 6.45) is 1.78. The van der Waals surface area contributed by atoms with Gasteiger partial charge in [0, 0.05) is 5.39 Å². The third kappa shape index (κ3) is 2.65. The summed E-state index contributed by atoms with van der Waals surface area (Å²) in [4.78, 5) is 27.2. The number of amides is 1. The molecule has 0 bridgehead atoms. The molecular weight excluding hydrogens is 270 g/mol. The van der Waals surface area contributed by atoms with Crippen LogP contribution in [0.5, 0.6) is 0 Å². The molecule has 1 heterocycles. The SMILES string of the molecule is NC(=O)c1cc(NC(C(=O)O)C2CC2)nc2ccccc12. The van der Waals surface area contributed by atoms with Crippen LogP contribution in [0.3, 0.4) is 0 Å². The van der Waals surface area contributed by atoms with Crippen molar-refractivity contribution in [1.82, 2.24) is 4.98 Å². The number of rotatable bonds is 5. The lowest BCUT2D eigenvalue weighted by Crippen LogP contribution is -2.31. The molecule has 1 amide bonds. The molecule has 4 N–H and O–H groups in total. The van der Waals surface area contributed by atoms with Crippen molar-refractivity contribution in [3.63, 3.8) is 0 Å². The Bertz CT molecular complexity index is 725. The first kappa shape index (κ1) is 13.4. The summed E-state index contributed by atoms with van der Waals surface area (Å²) < 4.78 is 0. The third-order valence-electron chi connectivity index (χ3n) is 3.64. The van der Waals surface area contributed by atoms with E-state index in [1.54, 1.807) is 24.3 Å². The number of aliphatic carboxylic acids is 1. The Kier molecular flexibility index (Phi) is 3.21. The van der Waals surface area contributed by atoms with E-state index in [0.29, 0.717) is 22.3 Å². The minimum atomic E-state index is -0.909. The molecule has 0 radical (unpaired) electrons. The molecule has 6 heteroatoms. The van der Waals surface area contributed by atoms with Gasteiger partial charge in [-0.3, -0.25) is 4.79 Å². The largest absolute Gasteiger partial charge is 0.480 e. The van der Waals surface area contributed by atoms with Crippen LogP contribution in [-0.2, 0) is 4.79 Å². The Balaban J connectivity index is 2.02. The molecule has 108 valence electrons. The number of nitrogens with two attached hydrogens (primary N) is 1. The van der Waals surface area contributed by atoms with Crippen molar-refractivity contribution in [1.29, 1.82) is 0 Å². The molecule has 1 aliphatic rings. The van der Waals surface area contributed by atoms with Gasteiger partial charge in [-0.05, 0) is 30.9 Å². The number of aromatic nitrogens is 1. The summed E-state index contributed by atoms with van der Waals surface area (Å²) >= 11 is 0. The highest BCUT2D eigenvalue weighted by Gasteiger charge is 2.36. The van der Waals surface area contributed by atoms with Crippen LogP contribution in [0, 0.1) is 5.92 Å². The number of nitrogens with one attached hydrogen (secondary N) is 1. The van der Waals surface area contributed by atoms with E-state index in [-0.39, 0.29) is 5.92 Å². The lowest BCUT2D eigenvalue weighted by Gasteiger charge is -2.15. The van der Waals surface area contributed by atoms with Crippen LogP contribution >= 0.6 is 0 Å². The van der Waals surface area contributed by atoms with Crippen molar-refractivity contribution in [2.75, 3.05) is 5.32 Å². The molecule has 1 aromatic carbocycles. The fraction of sp³-hybridized carbons (Fsp3) is 0.267. The van der Waals surface area contributed by atoms with Crippen LogP contribution in [0.2, 0.25) is 0 Å². The molecule has 21 heavy (non-hydrogen) atoms. The highest BCUT2D eigenvalue weighted by Crippen LogP contribution is 2.34. The monoisotopic (exact) mass is 285 g/mol. The molecule has 1 unspecified atom stereocenters. The van der Waals surface area contributed by atoms with Crippen LogP contribution in [0.1, 0.15) is 23.2 Å². The Morgan fingerprint density at radius 3 is 2.67 bits per heavy atom. The van der Waals surface area contributed by atoms with Crippen LogP contribution in [-0.4, -0.2) is 28.0 Å². The number of anilines is 1. The maximum Gasteiger partial charge on any atom is 0.326 e. The maximum absolute atomic E-state index is 11.6. The first-order valence-corrected chi connectivity index (χ1v) is 6.75. The van der Waals surface area contributed by atoms with Gasteiger partial charge in [-0.15, -0.1) is 0 Å². The number of pyridine rings is 1. The van der Waals surface area contributed by atoms with E-state index in [2.05, 4.69) is 10.3 Å². The Hall–Kier alpha value is -2.63. The van der Waals surface area contributed by atoms with E-state index < -0.39 is 17.9 Å². The van der Waals surface area contributed by atoms with E-state index in [1.165, 1.54) is 6.07 Å². The number of benzene rings is 1. The number of carbonyl (C=O) groups is 2. The molecule has 0 spiro atoms.